The summed E-state index contributed by atoms with van der Waals surface area (Å²) in [6.07, 6.45) is 6.60. The Morgan fingerprint density at radius 3 is 2.74 bits per heavy atom. The van der Waals surface area contributed by atoms with Gasteiger partial charge in [0.1, 0.15) is 30.2 Å². The molecular weight excluding hydrogens is 613 g/mol. The SMILES string of the molecule is CC(C)(C)OC(=O)CNCCCCC(=O)OC[C@@H]1C=C(c2ccc(-c3ccc(N4C[C@H](Cn5ccnn5)OC4=O)cc3F)cn2)NO1. The van der Waals surface area contributed by atoms with E-state index in [0.29, 0.717) is 54.1 Å². The first-order chi connectivity index (χ1) is 22.5. The van der Waals surface area contributed by atoms with Gasteiger partial charge in [-0.3, -0.25) is 29.8 Å². The van der Waals surface area contributed by atoms with Gasteiger partial charge in [-0.1, -0.05) is 11.3 Å². The Balaban J connectivity index is 1.05. The van der Waals surface area contributed by atoms with Crippen molar-refractivity contribution in [1.29, 1.82) is 0 Å². The Kier molecular flexibility index (Phi) is 10.8. The second-order valence-corrected chi connectivity index (χ2v) is 12.1. The monoisotopic (exact) mass is 651 g/mol. The van der Waals surface area contributed by atoms with Crippen molar-refractivity contribution in [3.63, 3.8) is 0 Å². The van der Waals surface area contributed by atoms with Crippen LogP contribution in [0.15, 0.2) is 55.0 Å². The van der Waals surface area contributed by atoms with Gasteiger partial charge in [0.2, 0.25) is 0 Å². The summed E-state index contributed by atoms with van der Waals surface area (Å²) >= 11 is 0. The number of aromatic nitrogens is 4. The summed E-state index contributed by atoms with van der Waals surface area (Å²) in [5.74, 6) is -1.17. The molecule has 4 heterocycles. The number of pyridine rings is 1. The molecule has 0 aliphatic carbocycles. The summed E-state index contributed by atoms with van der Waals surface area (Å²) < 4.78 is 32.7. The number of ether oxygens (including phenoxy) is 3. The summed E-state index contributed by atoms with van der Waals surface area (Å²) in [5, 5.41) is 10.6. The molecule has 2 aliphatic heterocycles. The van der Waals surface area contributed by atoms with Gasteiger partial charge in [0.05, 0.1) is 42.9 Å². The van der Waals surface area contributed by atoms with Crippen molar-refractivity contribution in [2.24, 2.45) is 0 Å². The van der Waals surface area contributed by atoms with Crippen LogP contribution >= 0.6 is 0 Å². The third-order valence-electron chi connectivity index (χ3n) is 7.11. The molecule has 2 N–H and O–H groups in total. The summed E-state index contributed by atoms with van der Waals surface area (Å²) in [6.45, 7) is 6.79. The van der Waals surface area contributed by atoms with E-state index in [9.17, 15) is 14.4 Å². The highest BCUT2D eigenvalue weighted by molar-refractivity contribution is 5.90. The molecule has 3 aromatic rings. The number of anilines is 1. The van der Waals surface area contributed by atoms with Crippen molar-refractivity contribution in [3.8, 4) is 11.1 Å². The van der Waals surface area contributed by atoms with E-state index < -0.39 is 29.7 Å². The van der Waals surface area contributed by atoms with Crippen molar-refractivity contribution >= 4 is 29.4 Å². The number of nitrogens with zero attached hydrogens (tertiary/aromatic N) is 5. The summed E-state index contributed by atoms with van der Waals surface area (Å²) in [6, 6.07) is 8.02. The van der Waals surface area contributed by atoms with Gasteiger partial charge >= 0.3 is 18.0 Å². The molecule has 15 heteroatoms. The molecule has 0 unspecified atom stereocenters. The largest absolute Gasteiger partial charge is 0.462 e. The van der Waals surface area contributed by atoms with Crippen LogP contribution in [0.1, 0.15) is 45.7 Å². The first kappa shape index (κ1) is 33.5. The molecule has 0 spiro atoms. The number of carbonyl (C=O) groups excluding carboxylic acids is 3. The van der Waals surface area contributed by atoms with E-state index in [1.165, 1.54) is 11.0 Å². The van der Waals surface area contributed by atoms with Crippen LogP contribution in [-0.2, 0) is 35.2 Å². The Hall–Kier alpha value is -4.89. The third-order valence-corrected chi connectivity index (χ3v) is 7.11. The minimum absolute atomic E-state index is 0.0353. The van der Waals surface area contributed by atoms with Crippen molar-refractivity contribution in [1.82, 2.24) is 30.8 Å². The van der Waals surface area contributed by atoms with Gasteiger partial charge in [-0.15, -0.1) is 5.10 Å². The fourth-order valence-corrected chi connectivity index (χ4v) is 4.93. The normalized spacial score (nSPS) is 17.7. The lowest BCUT2D eigenvalue weighted by molar-refractivity contribution is -0.153. The van der Waals surface area contributed by atoms with Crippen LogP contribution in [0.4, 0.5) is 14.9 Å². The number of hydroxylamine groups is 1. The van der Waals surface area contributed by atoms with Gasteiger partial charge in [-0.25, -0.2) is 13.9 Å². The van der Waals surface area contributed by atoms with Gasteiger partial charge in [0, 0.05) is 29.9 Å². The number of amides is 1. The molecule has 5 rings (SSSR count). The molecule has 2 aromatic heterocycles. The smallest absolute Gasteiger partial charge is 0.414 e. The summed E-state index contributed by atoms with van der Waals surface area (Å²) in [4.78, 5) is 47.6. The zero-order valence-corrected chi connectivity index (χ0v) is 26.5. The van der Waals surface area contributed by atoms with E-state index in [1.807, 2.05) is 20.8 Å². The third kappa shape index (κ3) is 9.56. The molecule has 0 bridgehead atoms. The molecule has 2 atom stereocenters. The van der Waals surface area contributed by atoms with Gasteiger partial charge in [0.25, 0.3) is 0 Å². The Morgan fingerprint density at radius 1 is 1.17 bits per heavy atom. The van der Waals surface area contributed by atoms with E-state index in [0.717, 1.165) is 0 Å². The van der Waals surface area contributed by atoms with E-state index in [-0.39, 0.29) is 38.1 Å². The molecular formula is C32H38FN7O7. The number of benzene rings is 1. The van der Waals surface area contributed by atoms with Crippen LogP contribution in [-0.4, -0.2) is 82.1 Å². The molecule has 2 aliphatic rings. The number of hydrogen-bond donors (Lipinski definition) is 2. The quantitative estimate of drug-likeness (QED) is 0.149. The van der Waals surface area contributed by atoms with Gasteiger partial charge in [-0.2, -0.15) is 0 Å². The number of unbranched alkanes of at least 4 members (excludes halogenated alkanes) is 1. The molecule has 250 valence electrons. The van der Waals surface area contributed by atoms with Crippen LogP contribution in [0, 0.1) is 5.82 Å². The lowest BCUT2D eigenvalue weighted by Gasteiger charge is -2.19. The molecule has 0 saturated carbocycles. The standard InChI is InChI=1S/C32H38FN7O7/c1-32(2,3)46-30(42)17-34-11-5-4-6-29(41)44-20-23-15-28(37-47-23)27-10-7-21(16-35-27)25-9-8-22(14-26(25)33)40-19-24(45-31(40)43)18-39-13-12-36-38-39/h7-10,12-16,23-24,34,37H,4-6,11,17-20H2,1-3H3/t23-,24-/m0/s1. The Morgan fingerprint density at radius 2 is 2.02 bits per heavy atom. The molecule has 1 saturated heterocycles. The zero-order valence-electron chi connectivity index (χ0n) is 26.5. The predicted molar refractivity (Wildman–Crippen MR) is 167 cm³/mol. The highest BCUT2D eigenvalue weighted by Gasteiger charge is 2.33. The van der Waals surface area contributed by atoms with Gasteiger partial charge in [-0.05, 0) is 70.5 Å². The molecule has 1 fully saturated rings. The number of esters is 2. The maximum atomic E-state index is 15.2. The van der Waals surface area contributed by atoms with E-state index in [2.05, 4.69) is 26.1 Å². The lowest BCUT2D eigenvalue weighted by Crippen LogP contribution is -2.31. The number of rotatable bonds is 14. The fraction of sp³-hybridized carbons (Fsp3) is 0.438. The van der Waals surface area contributed by atoms with E-state index >= 15 is 4.39 Å². The second kappa shape index (κ2) is 15.1. The average molecular weight is 652 g/mol. The van der Waals surface area contributed by atoms with Crippen molar-refractivity contribution in [3.05, 3.63) is 66.5 Å². The Labute approximate surface area is 271 Å². The molecule has 1 amide bonds. The minimum Gasteiger partial charge on any atom is -0.462 e. The van der Waals surface area contributed by atoms with E-state index in [1.54, 1.807) is 53.6 Å². The maximum absolute atomic E-state index is 15.2. The molecule has 1 aromatic carbocycles. The molecule has 47 heavy (non-hydrogen) atoms. The maximum Gasteiger partial charge on any atom is 0.414 e. The van der Waals surface area contributed by atoms with Gasteiger partial charge < -0.3 is 19.5 Å². The number of cyclic esters (lactones) is 1. The molecule has 14 nitrogen and oxygen atoms in total. The van der Waals surface area contributed by atoms with Crippen LogP contribution in [0.3, 0.4) is 0 Å². The van der Waals surface area contributed by atoms with Gasteiger partial charge in [0.15, 0.2) is 0 Å². The van der Waals surface area contributed by atoms with Crippen LogP contribution in [0.25, 0.3) is 16.8 Å². The van der Waals surface area contributed by atoms with Crippen LogP contribution in [0.2, 0.25) is 0 Å². The zero-order chi connectivity index (χ0) is 33.4. The minimum atomic E-state index is -0.553. The Bertz CT molecular complexity index is 1580. The molecule has 0 radical (unpaired) electrons. The first-order valence-corrected chi connectivity index (χ1v) is 15.3. The summed E-state index contributed by atoms with van der Waals surface area (Å²) in [5.41, 5.74) is 4.70. The van der Waals surface area contributed by atoms with Crippen molar-refractivity contribution in [2.45, 2.75) is 64.4 Å². The highest BCUT2D eigenvalue weighted by atomic mass is 19.1. The van der Waals surface area contributed by atoms with E-state index in [4.69, 9.17) is 19.0 Å². The van der Waals surface area contributed by atoms with Crippen molar-refractivity contribution < 1.29 is 37.8 Å². The number of hydrogen-bond acceptors (Lipinski definition) is 12. The second-order valence-electron chi connectivity index (χ2n) is 12.1. The lowest BCUT2D eigenvalue weighted by atomic mass is 10.1. The number of halogens is 1. The first-order valence-electron chi connectivity index (χ1n) is 15.3. The topological polar surface area (TPSA) is 159 Å². The van der Waals surface area contributed by atoms with Crippen LogP contribution in [0.5, 0.6) is 0 Å². The summed E-state index contributed by atoms with van der Waals surface area (Å²) in [7, 11) is 0. The van der Waals surface area contributed by atoms with Crippen LogP contribution < -0.4 is 15.7 Å². The predicted octanol–water partition coefficient (Wildman–Crippen LogP) is 3.39. The van der Waals surface area contributed by atoms with Crippen molar-refractivity contribution in [2.75, 3.05) is 31.1 Å². The average Bonchev–Trinajstić information content (AvgIpc) is 3.79. The number of nitrogens with one attached hydrogen (secondary N) is 2. The fourth-order valence-electron chi connectivity index (χ4n) is 4.93. The highest BCUT2D eigenvalue weighted by Crippen LogP contribution is 2.30. The number of carbonyl (C=O) groups is 3.